The molecule has 0 saturated carbocycles. The van der Waals surface area contributed by atoms with Crippen LogP contribution in [0.1, 0.15) is 20.3 Å². The Morgan fingerprint density at radius 2 is 1.89 bits per heavy atom. The number of rotatable bonds is 8. The van der Waals surface area contributed by atoms with Gasteiger partial charge in [0.15, 0.2) is 11.5 Å². The van der Waals surface area contributed by atoms with Gasteiger partial charge in [0.05, 0.1) is 25.6 Å². The normalized spacial score (nSPS) is 12.0. The molecule has 0 heterocycles. The summed E-state index contributed by atoms with van der Waals surface area (Å²) in [6, 6.07) is 4.05. The zero-order chi connectivity index (χ0) is 14.3. The van der Waals surface area contributed by atoms with Crippen molar-refractivity contribution in [3.63, 3.8) is 0 Å². The summed E-state index contributed by atoms with van der Waals surface area (Å²) in [6.07, 6.45) is 1.10. The van der Waals surface area contributed by atoms with Gasteiger partial charge in [-0.1, -0.05) is 6.92 Å². The van der Waals surface area contributed by atoms with Gasteiger partial charge in [-0.05, 0) is 24.9 Å². The van der Waals surface area contributed by atoms with E-state index in [2.05, 4.69) is 19.2 Å². The molecule has 0 spiro atoms. The Morgan fingerprint density at radius 3 is 2.47 bits per heavy atom. The van der Waals surface area contributed by atoms with Crippen LogP contribution in [0.25, 0.3) is 0 Å². The molecule has 1 rings (SSSR count). The fraction of sp³-hybridized carbons (Fsp3) is 0.571. The fourth-order valence-corrected chi connectivity index (χ4v) is 2.57. The summed E-state index contributed by atoms with van der Waals surface area (Å²) in [6.45, 7) is 4.33. The lowest BCUT2D eigenvalue weighted by atomic mass is 10.2. The molecular weight excluding hydrogens is 260 g/mol. The molecular formula is C14H24N2O2S. The van der Waals surface area contributed by atoms with Crippen molar-refractivity contribution in [3.8, 4) is 11.5 Å². The molecule has 0 amide bonds. The molecule has 0 radical (unpaired) electrons. The van der Waals surface area contributed by atoms with Gasteiger partial charge in [-0.25, -0.2) is 0 Å². The summed E-state index contributed by atoms with van der Waals surface area (Å²) in [5, 5.41) is 3.42. The largest absolute Gasteiger partial charge is 0.493 e. The average molecular weight is 284 g/mol. The van der Waals surface area contributed by atoms with Crippen LogP contribution >= 0.6 is 11.8 Å². The van der Waals surface area contributed by atoms with E-state index in [9.17, 15) is 0 Å². The predicted octanol–water partition coefficient (Wildman–Crippen LogP) is 3.23. The molecule has 1 atom stereocenters. The van der Waals surface area contributed by atoms with Gasteiger partial charge in [0, 0.05) is 18.2 Å². The van der Waals surface area contributed by atoms with E-state index in [0.29, 0.717) is 23.2 Å². The number of anilines is 2. The molecule has 0 aliphatic rings. The third kappa shape index (κ3) is 4.74. The number of nitrogens with one attached hydrogen (secondary N) is 1. The van der Waals surface area contributed by atoms with E-state index in [-0.39, 0.29) is 0 Å². The molecule has 1 aromatic rings. The smallest absolute Gasteiger partial charge is 0.162 e. The first-order chi connectivity index (χ1) is 9.12. The fourth-order valence-electron chi connectivity index (χ4n) is 1.76. The topological polar surface area (TPSA) is 56.5 Å². The van der Waals surface area contributed by atoms with Crippen LogP contribution in [0.3, 0.4) is 0 Å². The Hall–Kier alpha value is -1.23. The lowest BCUT2D eigenvalue weighted by Gasteiger charge is -2.18. The summed E-state index contributed by atoms with van der Waals surface area (Å²) in [7, 11) is 3.23. The highest BCUT2D eigenvalue weighted by atomic mass is 32.2. The van der Waals surface area contributed by atoms with E-state index in [1.807, 2.05) is 17.8 Å². The van der Waals surface area contributed by atoms with Gasteiger partial charge < -0.3 is 20.5 Å². The zero-order valence-electron chi connectivity index (χ0n) is 12.2. The van der Waals surface area contributed by atoms with Crippen LogP contribution < -0.4 is 20.5 Å². The lowest BCUT2D eigenvalue weighted by Crippen LogP contribution is -2.17. The number of benzene rings is 1. The van der Waals surface area contributed by atoms with Crippen LogP contribution in [0.2, 0.25) is 0 Å². The minimum absolute atomic E-state index is 0.374. The summed E-state index contributed by atoms with van der Waals surface area (Å²) in [5.74, 6) is 3.65. The first-order valence-corrected chi connectivity index (χ1v) is 7.63. The first-order valence-electron chi connectivity index (χ1n) is 6.48. The Balaban J connectivity index is 2.72. The Bertz CT molecular complexity index is 399. The summed E-state index contributed by atoms with van der Waals surface area (Å²) < 4.78 is 10.5. The molecule has 5 heteroatoms. The van der Waals surface area contributed by atoms with Gasteiger partial charge in [0.1, 0.15) is 0 Å². The maximum Gasteiger partial charge on any atom is 0.162 e. The molecule has 1 unspecified atom stereocenters. The summed E-state index contributed by atoms with van der Waals surface area (Å²) in [5.41, 5.74) is 7.59. The lowest BCUT2D eigenvalue weighted by molar-refractivity contribution is 0.355. The van der Waals surface area contributed by atoms with Crippen molar-refractivity contribution < 1.29 is 9.47 Å². The van der Waals surface area contributed by atoms with Gasteiger partial charge in [0.2, 0.25) is 0 Å². The van der Waals surface area contributed by atoms with Gasteiger partial charge in [-0.15, -0.1) is 0 Å². The van der Waals surface area contributed by atoms with E-state index in [1.165, 1.54) is 0 Å². The molecule has 0 fully saturated rings. The second-order valence-electron chi connectivity index (χ2n) is 4.33. The highest BCUT2D eigenvalue weighted by Gasteiger charge is 2.11. The molecule has 0 aliphatic heterocycles. The molecule has 0 aromatic heterocycles. The quantitative estimate of drug-likeness (QED) is 0.567. The van der Waals surface area contributed by atoms with Crippen molar-refractivity contribution >= 4 is 23.1 Å². The van der Waals surface area contributed by atoms with Crippen molar-refractivity contribution in [2.75, 3.05) is 36.8 Å². The Morgan fingerprint density at radius 1 is 1.26 bits per heavy atom. The van der Waals surface area contributed by atoms with Crippen LogP contribution in [-0.4, -0.2) is 31.8 Å². The van der Waals surface area contributed by atoms with Gasteiger partial charge in [0.25, 0.3) is 0 Å². The maximum atomic E-state index is 6.02. The molecule has 4 nitrogen and oxygen atoms in total. The van der Waals surface area contributed by atoms with Crippen LogP contribution in [0.4, 0.5) is 11.4 Å². The van der Waals surface area contributed by atoms with E-state index in [4.69, 9.17) is 15.2 Å². The number of nitrogen functional groups attached to an aromatic ring is 1. The van der Waals surface area contributed by atoms with Crippen molar-refractivity contribution in [2.24, 2.45) is 0 Å². The summed E-state index contributed by atoms with van der Waals surface area (Å²) >= 11 is 1.95. The molecule has 3 N–H and O–H groups in total. The van der Waals surface area contributed by atoms with Gasteiger partial charge >= 0.3 is 0 Å². The second kappa shape index (κ2) is 8.04. The van der Waals surface area contributed by atoms with E-state index >= 15 is 0 Å². The molecule has 19 heavy (non-hydrogen) atoms. The van der Waals surface area contributed by atoms with Crippen LogP contribution in [0, 0.1) is 0 Å². The van der Waals surface area contributed by atoms with Gasteiger partial charge in [-0.3, -0.25) is 0 Å². The molecule has 0 saturated heterocycles. The molecule has 1 aromatic carbocycles. The zero-order valence-corrected chi connectivity index (χ0v) is 13.0. The molecule has 108 valence electrons. The van der Waals surface area contributed by atoms with E-state index in [0.717, 1.165) is 23.6 Å². The third-order valence-electron chi connectivity index (χ3n) is 2.86. The standard InChI is InChI=1S/C14H24N2O2S/c1-5-19-7-6-10(2)16-12-9-14(18-4)13(17-3)8-11(12)15/h8-10,16H,5-7,15H2,1-4H3. The highest BCUT2D eigenvalue weighted by Crippen LogP contribution is 2.35. The number of hydrogen-bond donors (Lipinski definition) is 2. The first kappa shape index (κ1) is 15.8. The van der Waals surface area contributed by atoms with Crippen LogP contribution in [0.5, 0.6) is 11.5 Å². The number of ether oxygens (including phenoxy) is 2. The number of hydrogen-bond acceptors (Lipinski definition) is 5. The van der Waals surface area contributed by atoms with Crippen molar-refractivity contribution in [3.05, 3.63) is 12.1 Å². The minimum Gasteiger partial charge on any atom is -0.493 e. The summed E-state index contributed by atoms with van der Waals surface area (Å²) in [4.78, 5) is 0. The number of methoxy groups -OCH3 is 2. The van der Waals surface area contributed by atoms with Crippen molar-refractivity contribution in [1.29, 1.82) is 0 Å². The van der Waals surface area contributed by atoms with Crippen LogP contribution in [0.15, 0.2) is 12.1 Å². The average Bonchev–Trinajstić information content (AvgIpc) is 2.40. The minimum atomic E-state index is 0.374. The second-order valence-corrected chi connectivity index (χ2v) is 5.72. The number of thioether (sulfide) groups is 1. The van der Waals surface area contributed by atoms with Gasteiger partial charge in [-0.2, -0.15) is 11.8 Å². The Kier molecular flexibility index (Phi) is 6.70. The van der Waals surface area contributed by atoms with E-state index < -0.39 is 0 Å². The van der Waals surface area contributed by atoms with E-state index in [1.54, 1.807) is 20.3 Å². The SMILES string of the molecule is CCSCCC(C)Nc1cc(OC)c(OC)cc1N. The molecule has 0 aliphatic carbocycles. The third-order valence-corrected chi connectivity index (χ3v) is 3.79. The maximum absolute atomic E-state index is 6.02. The Labute approximate surface area is 120 Å². The molecule has 0 bridgehead atoms. The highest BCUT2D eigenvalue weighted by molar-refractivity contribution is 7.99. The predicted molar refractivity (Wildman–Crippen MR) is 84.7 cm³/mol. The monoisotopic (exact) mass is 284 g/mol. The van der Waals surface area contributed by atoms with Crippen molar-refractivity contribution in [1.82, 2.24) is 0 Å². The number of nitrogens with two attached hydrogens (primary N) is 1. The van der Waals surface area contributed by atoms with Crippen molar-refractivity contribution in [2.45, 2.75) is 26.3 Å². The van der Waals surface area contributed by atoms with Crippen LogP contribution in [-0.2, 0) is 0 Å².